The molecule has 1 saturated heterocycles. The number of nitrogens with zero attached hydrogens (tertiary/aromatic N) is 1. The van der Waals surface area contributed by atoms with Gasteiger partial charge in [-0.2, -0.15) is 0 Å². The van der Waals surface area contributed by atoms with E-state index in [0.717, 1.165) is 24.1 Å². The number of aromatic nitrogens is 1. The summed E-state index contributed by atoms with van der Waals surface area (Å²) in [6, 6.07) is 12.8. The van der Waals surface area contributed by atoms with Crippen molar-refractivity contribution in [3.05, 3.63) is 64.8 Å². The minimum Gasteiger partial charge on any atom is -0.497 e. The van der Waals surface area contributed by atoms with Crippen LogP contribution in [0, 0.1) is 0 Å². The molecule has 1 aliphatic rings. The van der Waals surface area contributed by atoms with Gasteiger partial charge in [-0.3, -0.25) is 9.59 Å². The van der Waals surface area contributed by atoms with Crippen LogP contribution in [0.5, 0.6) is 5.75 Å². The molecule has 0 unspecified atom stereocenters. The first-order chi connectivity index (χ1) is 14.6. The average molecular weight is 426 g/mol. The first-order valence-corrected chi connectivity index (χ1v) is 10.4. The maximum atomic E-state index is 12.6. The van der Waals surface area contributed by atoms with Gasteiger partial charge in [0.15, 0.2) is 0 Å². The summed E-state index contributed by atoms with van der Waals surface area (Å²) in [5, 5.41) is 4.23. The number of methoxy groups -OCH3 is 1. The molecule has 0 spiro atoms. The van der Waals surface area contributed by atoms with Gasteiger partial charge in [-0.15, -0.1) is 0 Å². The lowest BCUT2D eigenvalue weighted by molar-refractivity contribution is -0.131. The van der Waals surface area contributed by atoms with Crippen LogP contribution in [0.2, 0.25) is 5.02 Å². The molecule has 156 valence electrons. The molecule has 4 rings (SSSR count). The number of benzene rings is 2. The monoisotopic (exact) mass is 425 g/mol. The summed E-state index contributed by atoms with van der Waals surface area (Å²) in [5.41, 5.74) is 2.73. The van der Waals surface area contributed by atoms with E-state index >= 15 is 0 Å². The van der Waals surface area contributed by atoms with Crippen LogP contribution in [0.4, 0.5) is 0 Å². The van der Waals surface area contributed by atoms with E-state index in [4.69, 9.17) is 16.3 Å². The predicted octanol–water partition coefficient (Wildman–Crippen LogP) is 3.97. The summed E-state index contributed by atoms with van der Waals surface area (Å²) in [6.45, 7) is 1.31. The van der Waals surface area contributed by atoms with Gasteiger partial charge in [0, 0.05) is 30.2 Å². The SMILES string of the molecule is COc1ccc2[nH]cc(C3CCN(C(=O)CNC(=O)c4ccccc4Cl)CC3)c2c1. The molecule has 0 saturated carbocycles. The van der Waals surface area contributed by atoms with Gasteiger partial charge >= 0.3 is 0 Å². The second kappa shape index (κ2) is 8.79. The van der Waals surface area contributed by atoms with Crippen molar-refractivity contribution in [2.24, 2.45) is 0 Å². The Bertz CT molecular complexity index is 1070. The molecule has 0 atom stereocenters. The summed E-state index contributed by atoms with van der Waals surface area (Å²) in [5.74, 6) is 0.809. The normalized spacial score (nSPS) is 14.7. The zero-order chi connectivity index (χ0) is 21.1. The first-order valence-electron chi connectivity index (χ1n) is 10.0. The molecule has 0 radical (unpaired) electrons. The number of carbonyl (C=O) groups is 2. The Balaban J connectivity index is 1.34. The number of ether oxygens (including phenoxy) is 1. The van der Waals surface area contributed by atoms with Crippen molar-refractivity contribution in [2.75, 3.05) is 26.7 Å². The number of piperidine rings is 1. The maximum Gasteiger partial charge on any atom is 0.253 e. The van der Waals surface area contributed by atoms with Crippen molar-refractivity contribution in [3.63, 3.8) is 0 Å². The van der Waals surface area contributed by atoms with E-state index in [9.17, 15) is 9.59 Å². The van der Waals surface area contributed by atoms with Crippen molar-refractivity contribution >= 4 is 34.3 Å². The lowest BCUT2D eigenvalue weighted by atomic mass is 9.89. The minimum atomic E-state index is -0.337. The van der Waals surface area contributed by atoms with Crippen LogP contribution in [-0.2, 0) is 4.79 Å². The van der Waals surface area contributed by atoms with Gasteiger partial charge < -0.3 is 19.9 Å². The number of hydrogen-bond acceptors (Lipinski definition) is 3. The second-order valence-electron chi connectivity index (χ2n) is 7.47. The van der Waals surface area contributed by atoms with E-state index in [1.807, 2.05) is 17.0 Å². The highest BCUT2D eigenvalue weighted by atomic mass is 35.5. The Hall–Kier alpha value is -2.99. The van der Waals surface area contributed by atoms with Gasteiger partial charge in [-0.1, -0.05) is 23.7 Å². The molecule has 0 bridgehead atoms. The number of amides is 2. The molecular weight excluding hydrogens is 402 g/mol. The van der Waals surface area contributed by atoms with E-state index in [-0.39, 0.29) is 18.4 Å². The van der Waals surface area contributed by atoms with Gasteiger partial charge in [-0.25, -0.2) is 0 Å². The van der Waals surface area contributed by atoms with E-state index in [1.54, 1.807) is 31.4 Å². The Kier molecular flexibility index (Phi) is 5.95. The quantitative estimate of drug-likeness (QED) is 0.649. The van der Waals surface area contributed by atoms with Crippen molar-refractivity contribution in [2.45, 2.75) is 18.8 Å². The van der Waals surface area contributed by atoms with Crippen molar-refractivity contribution < 1.29 is 14.3 Å². The standard InChI is InChI=1S/C23H24ClN3O3/c1-30-16-6-7-21-18(12-16)19(13-25-21)15-8-10-27(11-9-15)22(28)14-26-23(29)17-4-2-3-5-20(17)24/h2-7,12-13,15,25H,8-11,14H2,1H3,(H,26,29). The van der Waals surface area contributed by atoms with Crippen LogP contribution in [0.3, 0.4) is 0 Å². The molecule has 3 aromatic rings. The number of carbonyl (C=O) groups excluding carboxylic acids is 2. The molecular formula is C23H24ClN3O3. The minimum absolute atomic E-state index is 0.0288. The summed E-state index contributed by atoms with van der Waals surface area (Å²) >= 11 is 6.04. The molecule has 1 aromatic heterocycles. The zero-order valence-electron chi connectivity index (χ0n) is 16.8. The fourth-order valence-corrected chi connectivity index (χ4v) is 4.26. The number of rotatable bonds is 5. The molecule has 2 aromatic carbocycles. The molecule has 0 aliphatic carbocycles. The van der Waals surface area contributed by atoms with Crippen molar-refractivity contribution in [1.29, 1.82) is 0 Å². The van der Waals surface area contributed by atoms with Gasteiger partial charge in [-0.05, 0) is 54.7 Å². The average Bonchev–Trinajstić information content (AvgIpc) is 3.20. The van der Waals surface area contributed by atoms with E-state index in [1.165, 1.54) is 10.9 Å². The Morgan fingerprint density at radius 1 is 1.20 bits per heavy atom. The second-order valence-corrected chi connectivity index (χ2v) is 7.88. The molecule has 1 fully saturated rings. The van der Waals surface area contributed by atoms with Crippen LogP contribution in [0.25, 0.3) is 10.9 Å². The molecule has 2 heterocycles. The van der Waals surface area contributed by atoms with E-state index in [0.29, 0.717) is 29.6 Å². The smallest absolute Gasteiger partial charge is 0.253 e. The van der Waals surface area contributed by atoms with Crippen LogP contribution in [-0.4, -0.2) is 48.4 Å². The summed E-state index contributed by atoms with van der Waals surface area (Å²) in [4.78, 5) is 30.0. The largest absolute Gasteiger partial charge is 0.497 e. The molecule has 7 heteroatoms. The molecule has 2 N–H and O–H groups in total. The number of halogens is 1. The fraction of sp³-hybridized carbons (Fsp3) is 0.304. The molecule has 6 nitrogen and oxygen atoms in total. The van der Waals surface area contributed by atoms with Crippen molar-refractivity contribution in [1.82, 2.24) is 15.2 Å². The molecule has 1 aliphatic heterocycles. The third-order valence-corrected chi connectivity index (χ3v) is 6.06. The topological polar surface area (TPSA) is 74.4 Å². The number of hydrogen-bond donors (Lipinski definition) is 2. The van der Waals surface area contributed by atoms with Crippen molar-refractivity contribution in [3.8, 4) is 5.75 Å². The molecule has 30 heavy (non-hydrogen) atoms. The van der Waals surface area contributed by atoms with Gasteiger partial charge in [0.05, 0.1) is 24.2 Å². The number of likely N-dealkylation sites (tertiary alicyclic amines) is 1. The first kappa shape index (κ1) is 20.3. The summed E-state index contributed by atoms with van der Waals surface area (Å²) < 4.78 is 5.36. The van der Waals surface area contributed by atoms with Crippen LogP contribution >= 0.6 is 11.6 Å². The Morgan fingerprint density at radius 3 is 2.70 bits per heavy atom. The molecule has 2 amide bonds. The highest BCUT2D eigenvalue weighted by Crippen LogP contribution is 2.34. The van der Waals surface area contributed by atoms with Gasteiger partial charge in [0.1, 0.15) is 5.75 Å². The summed E-state index contributed by atoms with van der Waals surface area (Å²) in [7, 11) is 1.67. The highest BCUT2D eigenvalue weighted by molar-refractivity contribution is 6.33. The van der Waals surface area contributed by atoms with Crippen LogP contribution in [0.15, 0.2) is 48.7 Å². The Morgan fingerprint density at radius 2 is 1.97 bits per heavy atom. The summed E-state index contributed by atoms with van der Waals surface area (Å²) in [6.07, 6.45) is 3.83. The number of H-pyrrole nitrogens is 1. The number of fused-ring (bicyclic) bond motifs is 1. The van der Waals surface area contributed by atoms with E-state index < -0.39 is 0 Å². The zero-order valence-corrected chi connectivity index (χ0v) is 17.5. The maximum absolute atomic E-state index is 12.6. The number of aromatic amines is 1. The lowest BCUT2D eigenvalue weighted by Crippen LogP contribution is -2.43. The third kappa shape index (κ3) is 4.14. The Labute approximate surface area is 180 Å². The fourth-order valence-electron chi connectivity index (χ4n) is 4.03. The van der Waals surface area contributed by atoms with Crippen LogP contribution in [0.1, 0.15) is 34.7 Å². The lowest BCUT2D eigenvalue weighted by Gasteiger charge is -2.32. The van der Waals surface area contributed by atoms with Gasteiger partial charge in [0.2, 0.25) is 5.91 Å². The van der Waals surface area contributed by atoms with Crippen LogP contribution < -0.4 is 10.1 Å². The predicted molar refractivity (Wildman–Crippen MR) is 117 cm³/mol. The van der Waals surface area contributed by atoms with Gasteiger partial charge in [0.25, 0.3) is 5.91 Å². The number of nitrogens with one attached hydrogen (secondary N) is 2. The third-order valence-electron chi connectivity index (χ3n) is 5.73. The highest BCUT2D eigenvalue weighted by Gasteiger charge is 2.26. The van der Waals surface area contributed by atoms with E-state index in [2.05, 4.69) is 22.6 Å².